The monoisotopic (exact) mass is 300 g/mol. The van der Waals surface area contributed by atoms with E-state index in [-0.39, 0.29) is 18.0 Å². The number of hydrogen-bond donors (Lipinski definition) is 2. The Kier molecular flexibility index (Phi) is 6.45. The van der Waals surface area contributed by atoms with E-state index in [4.69, 9.17) is 4.74 Å². The Hall–Kier alpha value is -1.30. The van der Waals surface area contributed by atoms with Gasteiger partial charge in [0.2, 0.25) is 0 Å². The summed E-state index contributed by atoms with van der Waals surface area (Å²) in [5.74, 6) is -1.03. The molecule has 122 valence electrons. The topological polar surface area (TPSA) is 78.9 Å². The molecule has 2 amide bonds. The number of ether oxygens (including phenoxy) is 1. The molecule has 0 aromatic carbocycles. The van der Waals surface area contributed by atoms with E-state index in [2.05, 4.69) is 5.32 Å². The van der Waals surface area contributed by atoms with Crippen molar-refractivity contribution in [2.75, 3.05) is 33.4 Å². The van der Waals surface area contributed by atoms with E-state index >= 15 is 0 Å². The van der Waals surface area contributed by atoms with Crippen molar-refractivity contribution in [2.45, 2.75) is 33.6 Å². The predicted octanol–water partition coefficient (Wildman–Crippen LogP) is 1.80. The number of rotatable bonds is 6. The van der Waals surface area contributed by atoms with E-state index in [9.17, 15) is 14.7 Å². The largest absolute Gasteiger partial charge is 0.481 e. The number of carboxylic acids is 1. The first-order valence-electron chi connectivity index (χ1n) is 7.47. The molecule has 1 aliphatic rings. The smallest absolute Gasteiger partial charge is 0.317 e. The molecule has 1 fully saturated rings. The molecule has 1 heterocycles. The van der Waals surface area contributed by atoms with Crippen LogP contribution in [0.25, 0.3) is 0 Å². The number of nitrogens with zero attached hydrogens (tertiary/aromatic N) is 1. The van der Waals surface area contributed by atoms with Gasteiger partial charge in [-0.1, -0.05) is 20.8 Å². The first-order chi connectivity index (χ1) is 9.73. The minimum atomic E-state index is -0.857. The first-order valence-corrected chi connectivity index (χ1v) is 7.47. The fourth-order valence-electron chi connectivity index (χ4n) is 2.70. The van der Waals surface area contributed by atoms with Gasteiger partial charge in [0.25, 0.3) is 0 Å². The van der Waals surface area contributed by atoms with Crippen molar-refractivity contribution >= 4 is 12.0 Å². The van der Waals surface area contributed by atoms with Gasteiger partial charge in [0.15, 0.2) is 0 Å². The minimum Gasteiger partial charge on any atom is -0.481 e. The Morgan fingerprint density at radius 3 is 2.62 bits per heavy atom. The summed E-state index contributed by atoms with van der Waals surface area (Å²) in [7, 11) is 1.66. The Morgan fingerprint density at radius 2 is 2.10 bits per heavy atom. The second kappa shape index (κ2) is 7.64. The molecule has 0 spiro atoms. The number of likely N-dealkylation sites (tertiary alicyclic amines) is 1. The van der Waals surface area contributed by atoms with E-state index in [0.29, 0.717) is 32.0 Å². The highest BCUT2D eigenvalue weighted by Crippen LogP contribution is 2.24. The van der Waals surface area contributed by atoms with Crippen LogP contribution in [0.2, 0.25) is 0 Å². The Bertz CT molecular complexity index is 365. The minimum absolute atomic E-state index is 0.0784. The Morgan fingerprint density at radius 1 is 1.43 bits per heavy atom. The summed E-state index contributed by atoms with van der Waals surface area (Å²) >= 11 is 0. The van der Waals surface area contributed by atoms with Crippen molar-refractivity contribution in [3.05, 3.63) is 0 Å². The predicted molar refractivity (Wildman–Crippen MR) is 80.2 cm³/mol. The SMILES string of the molecule is COCC1CCN(C(=O)NCC(CC(C)(C)C)C(=O)O)C1. The lowest BCUT2D eigenvalue weighted by atomic mass is 9.84. The van der Waals surface area contributed by atoms with Crippen LogP contribution in [0, 0.1) is 17.3 Å². The summed E-state index contributed by atoms with van der Waals surface area (Å²) in [4.78, 5) is 25.1. The summed E-state index contributed by atoms with van der Waals surface area (Å²) in [5, 5.41) is 12.0. The van der Waals surface area contributed by atoms with Crippen LogP contribution in [0.5, 0.6) is 0 Å². The normalized spacial score (nSPS) is 20.4. The maximum absolute atomic E-state index is 12.1. The number of aliphatic carboxylic acids is 1. The van der Waals surface area contributed by atoms with Gasteiger partial charge in [0, 0.05) is 32.7 Å². The molecule has 1 saturated heterocycles. The zero-order valence-electron chi connectivity index (χ0n) is 13.5. The average Bonchev–Trinajstić information content (AvgIpc) is 2.81. The number of amides is 2. The van der Waals surface area contributed by atoms with Crippen molar-refractivity contribution in [1.29, 1.82) is 0 Å². The van der Waals surface area contributed by atoms with Crippen LogP contribution in [0.15, 0.2) is 0 Å². The lowest BCUT2D eigenvalue weighted by Crippen LogP contribution is -2.42. The molecular weight excluding hydrogens is 272 g/mol. The highest BCUT2D eigenvalue weighted by molar-refractivity contribution is 5.76. The second-order valence-electron chi connectivity index (χ2n) is 7.04. The summed E-state index contributed by atoms with van der Waals surface area (Å²) in [5.41, 5.74) is -0.0784. The molecule has 21 heavy (non-hydrogen) atoms. The summed E-state index contributed by atoms with van der Waals surface area (Å²) in [6.45, 7) is 8.22. The van der Waals surface area contributed by atoms with Crippen LogP contribution in [-0.4, -0.2) is 55.4 Å². The van der Waals surface area contributed by atoms with Gasteiger partial charge in [0.05, 0.1) is 12.5 Å². The van der Waals surface area contributed by atoms with Crippen LogP contribution in [-0.2, 0) is 9.53 Å². The van der Waals surface area contributed by atoms with Crippen molar-refractivity contribution < 1.29 is 19.4 Å². The van der Waals surface area contributed by atoms with Crippen LogP contribution in [0.4, 0.5) is 4.79 Å². The van der Waals surface area contributed by atoms with Gasteiger partial charge >= 0.3 is 12.0 Å². The molecule has 1 aliphatic heterocycles. The summed E-state index contributed by atoms with van der Waals surface area (Å²) < 4.78 is 5.10. The molecule has 0 bridgehead atoms. The highest BCUT2D eigenvalue weighted by atomic mass is 16.5. The molecule has 2 N–H and O–H groups in total. The molecule has 0 saturated carbocycles. The summed E-state index contributed by atoms with van der Waals surface area (Å²) in [6.07, 6.45) is 1.47. The van der Waals surface area contributed by atoms with Crippen LogP contribution >= 0.6 is 0 Å². The van der Waals surface area contributed by atoms with Gasteiger partial charge in [-0.05, 0) is 18.3 Å². The van der Waals surface area contributed by atoms with Crippen LogP contribution in [0.1, 0.15) is 33.6 Å². The van der Waals surface area contributed by atoms with Crippen molar-refractivity contribution in [1.82, 2.24) is 10.2 Å². The molecule has 0 aromatic rings. The Labute approximate surface area is 126 Å². The lowest BCUT2D eigenvalue weighted by molar-refractivity contribution is -0.142. The average molecular weight is 300 g/mol. The van der Waals surface area contributed by atoms with E-state index in [1.54, 1.807) is 12.0 Å². The van der Waals surface area contributed by atoms with E-state index in [1.165, 1.54) is 0 Å². The molecule has 0 aliphatic carbocycles. The number of carbonyl (C=O) groups excluding carboxylic acids is 1. The molecule has 6 nitrogen and oxygen atoms in total. The molecule has 2 atom stereocenters. The third-order valence-electron chi connectivity index (χ3n) is 3.68. The maximum atomic E-state index is 12.1. The molecule has 6 heteroatoms. The standard InChI is InChI=1S/C15H28N2O4/c1-15(2,3)7-12(13(18)19)8-16-14(20)17-6-5-11(9-17)10-21-4/h11-12H,5-10H2,1-4H3,(H,16,20)(H,18,19). The van der Waals surface area contributed by atoms with Crippen molar-refractivity contribution in [3.63, 3.8) is 0 Å². The van der Waals surface area contributed by atoms with Gasteiger partial charge in [-0.25, -0.2) is 4.79 Å². The first kappa shape index (κ1) is 17.8. The molecule has 0 aromatic heterocycles. The quantitative estimate of drug-likeness (QED) is 0.784. The lowest BCUT2D eigenvalue weighted by Gasteiger charge is -2.24. The molecule has 2 unspecified atom stereocenters. The fourth-order valence-corrected chi connectivity index (χ4v) is 2.70. The van der Waals surface area contributed by atoms with Gasteiger partial charge in [0.1, 0.15) is 0 Å². The fraction of sp³-hybridized carbons (Fsp3) is 0.867. The summed E-state index contributed by atoms with van der Waals surface area (Å²) in [6, 6.07) is -0.172. The van der Waals surface area contributed by atoms with E-state index in [0.717, 1.165) is 6.42 Å². The number of carboxylic acid groups (broad SMARTS) is 1. The van der Waals surface area contributed by atoms with E-state index < -0.39 is 11.9 Å². The van der Waals surface area contributed by atoms with Gasteiger partial charge in [-0.2, -0.15) is 0 Å². The van der Waals surface area contributed by atoms with Crippen molar-refractivity contribution in [2.24, 2.45) is 17.3 Å². The number of nitrogens with one attached hydrogen (secondary N) is 1. The number of carbonyl (C=O) groups is 2. The van der Waals surface area contributed by atoms with Crippen LogP contribution in [0.3, 0.4) is 0 Å². The second-order valence-corrected chi connectivity index (χ2v) is 7.04. The Balaban J connectivity index is 2.42. The third kappa shape index (κ3) is 6.33. The van der Waals surface area contributed by atoms with Gasteiger partial charge < -0.3 is 20.1 Å². The number of hydrogen-bond acceptors (Lipinski definition) is 3. The van der Waals surface area contributed by atoms with Gasteiger partial charge in [-0.15, -0.1) is 0 Å². The van der Waals surface area contributed by atoms with E-state index in [1.807, 2.05) is 20.8 Å². The zero-order valence-corrected chi connectivity index (χ0v) is 13.5. The zero-order chi connectivity index (χ0) is 16.0. The van der Waals surface area contributed by atoms with Crippen molar-refractivity contribution in [3.8, 4) is 0 Å². The third-order valence-corrected chi connectivity index (χ3v) is 3.68. The number of methoxy groups -OCH3 is 1. The van der Waals surface area contributed by atoms with Gasteiger partial charge in [-0.3, -0.25) is 4.79 Å². The highest BCUT2D eigenvalue weighted by Gasteiger charge is 2.28. The molecule has 1 rings (SSSR count). The molecule has 0 radical (unpaired) electrons. The van der Waals surface area contributed by atoms with Crippen LogP contribution < -0.4 is 5.32 Å². The maximum Gasteiger partial charge on any atom is 0.317 e. The number of urea groups is 1. The molecular formula is C15H28N2O4.